The average molecular weight is 835 g/mol. The highest BCUT2D eigenvalue weighted by molar-refractivity contribution is 7.10. The molecule has 59 heavy (non-hydrogen) atoms. The summed E-state index contributed by atoms with van der Waals surface area (Å²) in [6.45, 7) is 1.52. The minimum Gasteiger partial charge on any atom is -0.619 e. The average Bonchev–Trinajstić information content (AvgIpc) is 4.08. The first kappa shape index (κ1) is 37.9. The molecule has 6 heterocycles. The van der Waals surface area contributed by atoms with Gasteiger partial charge in [0, 0.05) is 59.5 Å². The molecule has 2 amide bonds. The molecule has 14 rings (SSSR count). The van der Waals surface area contributed by atoms with Crippen molar-refractivity contribution in [3.05, 3.63) is 75.0 Å². The van der Waals surface area contributed by atoms with Crippen molar-refractivity contribution in [3.8, 4) is 22.5 Å². The Labute approximate surface area is 354 Å². The van der Waals surface area contributed by atoms with E-state index in [1.165, 1.54) is 76.6 Å². The number of likely N-dealkylation sites (tertiary alicyclic amines) is 2. The molecule has 10 fully saturated rings. The molecular weight excluding hydrogens is 781 g/mol. The summed E-state index contributed by atoms with van der Waals surface area (Å²) in [6.07, 6.45) is 23.4. The Morgan fingerprint density at radius 2 is 1.02 bits per heavy atom. The predicted octanol–water partition coefficient (Wildman–Crippen LogP) is 9.84. The molecule has 4 aromatic rings. The molecule has 0 aromatic carbocycles. The minimum absolute atomic E-state index is 0.00115. The van der Waals surface area contributed by atoms with Gasteiger partial charge in [-0.3, -0.25) is 14.8 Å². The fourth-order valence-electron chi connectivity index (χ4n) is 13.2. The smallest absolute Gasteiger partial charge is 0.410 e. The normalized spacial score (nSPS) is 34.8. The molecule has 11 nitrogen and oxygen atoms in total. The maximum absolute atomic E-state index is 13.2. The number of aromatic nitrogens is 4. The molecule has 8 aliphatic carbocycles. The first-order valence-corrected chi connectivity index (χ1v) is 24.1. The highest BCUT2D eigenvalue weighted by Crippen LogP contribution is 2.56. The van der Waals surface area contributed by atoms with Crippen LogP contribution in [0.3, 0.4) is 0 Å². The molecule has 0 radical (unpaired) electrons. The van der Waals surface area contributed by atoms with Crippen LogP contribution < -0.4 is 4.73 Å². The van der Waals surface area contributed by atoms with Gasteiger partial charge in [0.1, 0.15) is 22.2 Å². The van der Waals surface area contributed by atoms with Crippen LogP contribution in [0.25, 0.3) is 22.5 Å². The third-order valence-electron chi connectivity index (χ3n) is 15.4. The van der Waals surface area contributed by atoms with Gasteiger partial charge >= 0.3 is 12.2 Å². The lowest BCUT2D eigenvalue weighted by Gasteiger charge is -2.53. The molecule has 0 spiro atoms. The molecule has 310 valence electrons. The summed E-state index contributed by atoms with van der Waals surface area (Å²) in [6, 6.07) is 7.57. The highest BCUT2D eigenvalue weighted by atomic mass is 32.1. The van der Waals surface area contributed by atoms with E-state index in [1.807, 2.05) is 27.3 Å². The SMILES string of the molecule is O=C(OC1C2CC3CC(C2)CC1C3)N1CCC[C@@H]1c1nc(-c2cc[n+]([O-])cc2)cs1.O=C(OC1C2CC3CC(C2)CC1C3)N1CCC[C@@H]1c1nc(-c2ccncc2)cs1. The number of thiazole rings is 2. The zero-order valence-corrected chi connectivity index (χ0v) is 35.2. The second kappa shape index (κ2) is 15.7. The quantitative estimate of drug-likeness (QED) is 0.139. The number of pyridine rings is 2. The van der Waals surface area contributed by atoms with Crippen LogP contribution in [0.4, 0.5) is 9.59 Å². The second-order valence-corrected chi connectivity index (χ2v) is 20.9. The predicted molar refractivity (Wildman–Crippen MR) is 224 cm³/mol. The molecule has 2 aliphatic heterocycles. The number of ether oxygens (including phenoxy) is 2. The van der Waals surface area contributed by atoms with E-state index in [2.05, 4.69) is 10.4 Å². The molecule has 2 atom stereocenters. The van der Waals surface area contributed by atoms with Crippen LogP contribution in [0.2, 0.25) is 0 Å². The number of nitrogens with zero attached hydrogens (tertiary/aromatic N) is 6. The molecule has 4 aromatic heterocycles. The standard InChI is InChI=1S/C23H27N3O3S.C23H27N3O2S/c27-23(29-21-17-9-14-8-15(11-17)12-18(21)10-14)26-5-1-2-20(26)22-24-19(13-30-22)16-3-6-25(28)7-4-16;27-23(28-21-17-9-14-8-15(11-17)12-18(21)10-14)26-7-1-2-20(26)22-25-19(13-29-22)16-3-5-24-6-4-16/h3-4,6-7,13-15,17-18,20-21H,1-2,5,8-12H2;3-6,13-15,17-18,20-21H,1-2,7-12H2/t2*14?,15?,17?,18?,20-,21?/m11/s1. The molecular formula is C46H54N6O5S2. The van der Waals surface area contributed by atoms with E-state index in [1.54, 1.807) is 47.2 Å². The Balaban J connectivity index is 0.000000135. The van der Waals surface area contributed by atoms with Gasteiger partial charge in [-0.2, -0.15) is 4.73 Å². The number of carbonyl (C=O) groups excluding carboxylic acids is 2. The van der Waals surface area contributed by atoms with Crippen LogP contribution in [-0.2, 0) is 9.47 Å². The largest absolute Gasteiger partial charge is 0.619 e. The maximum atomic E-state index is 13.2. The van der Waals surface area contributed by atoms with Crippen molar-refractivity contribution in [2.45, 2.75) is 114 Å². The van der Waals surface area contributed by atoms with Crippen LogP contribution in [0, 0.1) is 52.6 Å². The zero-order chi connectivity index (χ0) is 39.6. The first-order chi connectivity index (χ1) is 28.9. The van der Waals surface area contributed by atoms with E-state index in [4.69, 9.17) is 19.4 Å². The van der Waals surface area contributed by atoms with Gasteiger partial charge in [0.2, 0.25) is 0 Å². The lowest BCUT2D eigenvalue weighted by molar-refractivity contribution is -0.605. The Kier molecular flexibility index (Phi) is 10.1. The van der Waals surface area contributed by atoms with E-state index in [-0.39, 0.29) is 36.5 Å². The molecule has 2 saturated heterocycles. The van der Waals surface area contributed by atoms with E-state index < -0.39 is 0 Å². The molecule has 8 saturated carbocycles. The van der Waals surface area contributed by atoms with Gasteiger partial charge in [-0.05, 0) is 149 Å². The van der Waals surface area contributed by atoms with Gasteiger partial charge in [-0.15, -0.1) is 22.7 Å². The number of amides is 2. The summed E-state index contributed by atoms with van der Waals surface area (Å²) in [5.41, 5.74) is 3.82. The topological polar surface area (TPSA) is 125 Å². The fraction of sp³-hybridized carbons (Fsp3) is 0.609. The third-order valence-corrected chi connectivity index (χ3v) is 17.3. The van der Waals surface area contributed by atoms with Crippen LogP contribution in [0.5, 0.6) is 0 Å². The number of rotatable bonds is 6. The summed E-state index contributed by atoms with van der Waals surface area (Å²) in [5, 5.41) is 17.4. The van der Waals surface area contributed by atoms with Gasteiger partial charge in [0.25, 0.3) is 0 Å². The van der Waals surface area contributed by atoms with Crippen molar-refractivity contribution >= 4 is 34.9 Å². The molecule has 0 unspecified atom stereocenters. The van der Waals surface area contributed by atoms with E-state index in [0.717, 1.165) is 99.7 Å². The van der Waals surface area contributed by atoms with Crippen molar-refractivity contribution in [1.29, 1.82) is 0 Å². The lowest BCUT2D eigenvalue weighted by atomic mass is 9.55. The number of hydrogen-bond donors (Lipinski definition) is 0. The van der Waals surface area contributed by atoms with Crippen molar-refractivity contribution in [2.75, 3.05) is 13.1 Å². The van der Waals surface area contributed by atoms with Crippen LogP contribution in [0.1, 0.15) is 112 Å². The van der Waals surface area contributed by atoms with Crippen LogP contribution >= 0.6 is 22.7 Å². The fourth-order valence-corrected chi connectivity index (χ4v) is 15.2. The maximum Gasteiger partial charge on any atom is 0.410 e. The second-order valence-electron chi connectivity index (χ2n) is 19.1. The van der Waals surface area contributed by atoms with Crippen molar-refractivity contribution in [2.24, 2.45) is 47.3 Å². The van der Waals surface area contributed by atoms with E-state index in [9.17, 15) is 14.8 Å². The van der Waals surface area contributed by atoms with Gasteiger partial charge < -0.3 is 14.7 Å². The van der Waals surface area contributed by atoms with Crippen molar-refractivity contribution < 1.29 is 23.8 Å². The Morgan fingerprint density at radius 1 is 0.610 bits per heavy atom. The molecule has 8 bridgehead atoms. The van der Waals surface area contributed by atoms with Crippen molar-refractivity contribution in [1.82, 2.24) is 24.8 Å². The monoisotopic (exact) mass is 834 g/mol. The summed E-state index contributed by atoms with van der Waals surface area (Å²) < 4.78 is 13.2. The first-order valence-electron chi connectivity index (χ1n) is 22.3. The minimum atomic E-state index is -0.140. The number of hydrogen-bond acceptors (Lipinski definition) is 10. The summed E-state index contributed by atoms with van der Waals surface area (Å²) in [7, 11) is 0. The van der Waals surface area contributed by atoms with Crippen LogP contribution in [-0.4, -0.2) is 62.2 Å². The summed E-state index contributed by atoms with van der Waals surface area (Å²) in [5.74, 6) is 5.93. The third kappa shape index (κ3) is 7.42. The molecule has 10 aliphatic rings. The Hall–Kier alpha value is -4.10. The number of carbonyl (C=O) groups is 2. The lowest BCUT2D eigenvalue weighted by Crippen LogP contribution is -2.51. The summed E-state index contributed by atoms with van der Waals surface area (Å²) >= 11 is 3.24. The van der Waals surface area contributed by atoms with Gasteiger partial charge in [-0.25, -0.2) is 19.6 Å². The molecule has 0 N–H and O–H groups in total. The van der Waals surface area contributed by atoms with E-state index in [0.29, 0.717) is 23.7 Å². The van der Waals surface area contributed by atoms with Crippen LogP contribution in [0.15, 0.2) is 59.8 Å². The van der Waals surface area contributed by atoms with Crippen molar-refractivity contribution in [3.63, 3.8) is 0 Å². The van der Waals surface area contributed by atoms with Gasteiger partial charge in [-0.1, -0.05) is 0 Å². The summed E-state index contributed by atoms with van der Waals surface area (Å²) in [4.78, 5) is 43.9. The Bertz CT molecular complexity index is 2090. The highest BCUT2D eigenvalue weighted by Gasteiger charge is 2.52. The van der Waals surface area contributed by atoms with Gasteiger partial charge in [0.15, 0.2) is 12.4 Å². The van der Waals surface area contributed by atoms with Gasteiger partial charge in [0.05, 0.1) is 23.5 Å². The molecule has 13 heteroatoms. The Morgan fingerprint density at radius 3 is 1.44 bits per heavy atom. The van der Waals surface area contributed by atoms with E-state index >= 15 is 0 Å². The zero-order valence-electron chi connectivity index (χ0n) is 33.6.